The summed E-state index contributed by atoms with van der Waals surface area (Å²) in [6.07, 6.45) is 0. The van der Waals surface area contributed by atoms with E-state index in [2.05, 4.69) is 0 Å². The fourth-order valence-electron chi connectivity index (χ4n) is 1.06. The maximum Gasteiger partial charge on any atom is 3.00 e. The van der Waals surface area contributed by atoms with Gasteiger partial charge < -0.3 is 65.1 Å². The van der Waals surface area contributed by atoms with Crippen LogP contribution in [-0.2, 0) is 19.1 Å². The van der Waals surface area contributed by atoms with Crippen LogP contribution in [0.3, 0.4) is 0 Å². The minimum absolute atomic E-state index is 0. The molecular weight excluding hydrogens is 503 g/mol. The van der Waals surface area contributed by atoms with E-state index in [4.69, 9.17) is 65.1 Å². The van der Waals surface area contributed by atoms with Gasteiger partial charge in [0, 0.05) is 19.4 Å². The third-order valence-electron chi connectivity index (χ3n) is 2.83. The van der Waals surface area contributed by atoms with Crippen LogP contribution < -0.4 is 15.3 Å². The van der Waals surface area contributed by atoms with E-state index in [-0.39, 0.29) is 48.8 Å². The Morgan fingerprint density at radius 1 is 0.593 bits per heavy atom. The monoisotopic (exact) mass is 528 g/mol. The molecule has 0 aromatic rings. The average molecular weight is 528 g/mol. The second-order valence-electron chi connectivity index (χ2n) is 4.73. The molecule has 6 N–H and O–H groups in total. The first kappa shape index (κ1) is 37.1. The molecule has 27 heavy (non-hydrogen) atoms. The zero-order valence-electron chi connectivity index (χ0n) is 14.5. The Morgan fingerprint density at radius 3 is 0.852 bits per heavy atom. The summed E-state index contributed by atoms with van der Waals surface area (Å²) in [5, 5.41) is 78.9. The molecule has 0 aliphatic rings. The average Bonchev–Trinajstić information content (AvgIpc) is 2.65. The van der Waals surface area contributed by atoms with Gasteiger partial charge in [-0.2, -0.15) is 0 Å². The molecule has 13 nitrogen and oxygen atoms in total. The Morgan fingerprint density at radius 2 is 0.741 bits per heavy atom. The summed E-state index contributed by atoms with van der Waals surface area (Å²) < 4.78 is 5.15. The summed E-state index contributed by atoms with van der Waals surface area (Å²) in [7, 11) is 0. The minimum atomic E-state index is -1.16. The van der Waals surface area contributed by atoms with Gasteiger partial charge >= 0.3 is 35.6 Å². The molecule has 0 atom stereocenters. The fraction of sp³-hybridized carbons (Fsp3) is 0.769. The first-order valence-corrected chi connectivity index (χ1v) is 6.72. The smallest absolute Gasteiger partial charge is 0.554 e. The van der Waals surface area contributed by atoms with E-state index in [1.54, 1.807) is 0 Å². The summed E-state index contributed by atoms with van der Waals surface area (Å²) in [5.74, 6) is 0. The quantitative estimate of drug-likeness (QED) is 0.144. The predicted octanol–water partition coefficient (Wildman–Crippen LogP) is -7.97. The van der Waals surface area contributed by atoms with E-state index in [0.29, 0.717) is 0 Å². The molecule has 0 saturated heterocycles. The summed E-state index contributed by atoms with van der Waals surface area (Å²) in [4.78, 5) is 24.8. The van der Waals surface area contributed by atoms with Crippen molar-refractivity contribution in [2.45, 2.75) is 0 Å². The van der Waals surface area contributed by atoms with Crippen LogP contribution in [0.15, 0.2) is 0 Å². The van der Waals surface area contributed by atoms with Crippen molar-refractivity contribution in [2.75, 3.05) is 52.9 Å². The standard InChI is InChI=1S/C10H22O7.3CH2O2.La/c11-1-9(2-12,3-13)7-17-8-10(4-14,5-15)6-16;3*2-1-3;/h11-16H,1-8H2;3*1H,(H,2,3);/q;;;;+3/p-3. The number of ether oxygens (including phenoxy) is 1. The van der Waals surface area contributed by atoms with Crippen molar-refractivity contribution in [3.63, 3.8) is 0 Å². The second kappa shape index (κ2) is 27.5. The largest absolute Gasteiger partial charge is 3.00 e. The van der Waals surface area contributed by atoms with Gasteiger partial charge in [-0.05, 0) is 0 Å². The van der Waals surface area contributed by atoms with E-state index < -0.39 is 69.9 Å². The van der Waals surface area contributed by atoms with Gasteiger partial charge in [0.25, 0.3) is 0 Å². The Hall–Kier alpha value is -0.675. The number of carboxylic acid groups (broad SMARTS) is 3. The topological polar surface area (TPSA) is 251 Å². The van der Waals surface area contributed by atoms with Crippen molar-refractivity contribution >= 4 is 19.4 Å². The maximum atomic E-state index is 9.03. The van der Waals surface area contributed by atoms with Crippen LogP contribution in [0, 0.1) is 46.4 Å². The van der Waals surface area contributed by atoms with E-state index in [1.165, 1.54) is 0 Å². The van der Waals surface area contributed by atoms with E-state index in [0.717, 1.165) is 0 Å². The zero-order valence-corrected chi connectivity index (χ0v) is 18.1. The van der Waals surface area contributed by atoms with Gasteiger partial charge in [0.1, 0.15) is 0 Å². The Balaban J connectivity index is -0.000000136. The Labute approximate surface area is 183 Å². The van der Waals surface area contributed by atoms with Crippen LogP contribution >= 0.6 is 0 Å². The molecule has 0 aromatic heterocycles. The Bertz CT molecular complexity index is 258. The molecule has 14 heteroatoms. The van der Waals surface area contributed by atoms with Crippen molar-refractivity contribution in [1.82, 2.24) is 0 Å². The number of rotatable bonds is 10. The van der Waals surface area contributed by atoms with Crippen LogP contribution in [0.5, 0.6) is 0 Å². The van der Waals surface area contributed by atoms with Gasteiger partial charge in [0.2, 0.25) is 0 Å². The van der Waals surface area contributed by atoms with Crippen LogP contribution in [0.4, 0.5) is 0 Å². The van der Waals surface area contributed by atoms with Crippen molar-refractivity contribution < 1.29 is 101 Å². The molecule has 0 aromatic carbocycles. The minimum Gasteiger partial charge on any atom is -0.554 e. The molecule has 0 amide bonds. The van der Waals surface area contributed by atoms with E-state index in [1.807, 2.05) is 0 Å². The summed E-state index contributed by atoms with van der Waals surface area (Å²) in [6.45, 7) is -4.51. The van der Waals surface area contributed by atoms with Gasteiger partial charge in [0.15, 0.2) is 0 Å². The number of carbonyl (C=O) groups excluding carboxylic acids is 3. The molecule has 0 radical (unpaired) electrons. The third-order valence-corrected chi connectivity index (χ3v) is 2.83. The van der Waals surface area contributed by atoms with Crippen LogP contribution in [-0.4, -0.2) is 103 Å². The first-order chi connectivity index (χ1) is 12.3. The molecule has 0 bridgehead atoms. The van der Waals surface area contributed by atoms with Gasteiger partial charge in [-0.15, -0.1) is 0 Å². The molecule has 0 aliphatic heterocycles. The van der Waals surface area contributed by atoms with Gasteiger partial charge in [0.05, 0.1) is 63.7 Å². The van der Waals surface area contributed by atoms with Gasteiger partial charge in [-0.3, -0.25) is 0 Å². The molecule has 0 saturated carbocycles. The van der Waals surface area contributed by atoms with E-state index in [9.17, 15) is 0 Å². The SMILES string of the molecule is O=C[O-].O=C[O-].O=C[O-].OCC(CO)(CO)COCC(CO)(CO)CO.[La+3]. The molecule has 0 aliphatic carbocycles. The molecule has 158 valence electrons. The zero-order chi connectivity index (χ0) is 21.5. The number of aliphatic hydroxyl groups excluding tert-OH is 6. The molecule has 0 heterocycles. The van der Waals surface area contributed by atoms with Crippen LogP contribution in [0.25, 0.3) is 0 Å². The van der Waals surface area contributed by atoms with Crippen molar-refractivity contribution in [3.05, 3.63) is 0 Å². The summed E-state index contributed by atoms with van der Waals surface area (Å²) >= 11 is 0. The number of hydrogen-bond donors (Lipinski definition) is 6. The van der Waals surface area contributed by atoms with Crippen LogP contribution in [0.2, 0.25) is 0 Å². The molecular formula is C13H25LaO13. The first-order valence-electron chi connectivity index (χ1n) is 6.72. The van der Waals surface area contributed by atoms with Gasteiger partial charge in [-0.25, -0.2) is 0 Å². The third kappa shape index (κ3) is 21.5. The number of carbonyl (C=O) groups is 3. The molecule has 0 rings (SSSR count). The second-order valence-corrected chi connectivity index (χ2v) is 4.73. The van der Waals surface area contributed by atoms with Crippen molar-refractivity contribution in [2.24, 2.45) is 10.8 Å². The number of aliphatic hydroxyl groups is 6. The van der Waals surface area contributed by atoms with Gasteiger partial charge in [-0.1, -0.05) is 0 Å². The molecule has 0 unspecified atom stereocenters. The van der Waals surface area contributed by atoms with Crippen molar-refractivity contribution in [1.29, 1.82) is 0 Å². The molecule has 0 fully saturated rings. The van der Waals surface area contributed by atoms with E-state index >= 15 is 0 Å². The van der Waals surface area contributed by atoms with Crippen LogP contribution in [0.1, 0.15) is 0 Å². The fourth-order valence-corrected chi connectivity index (χ4v) is 1.06. The Kier molecular flexibility index (Phi) is 37.9. The molecule has 0 spiro atoms. The summed E-state index contributed by atoms with van der Waals surface area (Å²) in [5.41, 5.74) is -2.32. The predicted molar refractivity (Wildman–Crippen MR) is 76.4 cm³/mol. The normalized spacial score (nSPS) is 9.56. The van der Waals surface area contributed by atoms with Crippen molar-refractivity contribution in [3.8, 4) is 0 Å². The maximum absolute atomic E-state index is 9.03. The number of hydrogen-bond acceptors (Lipinski definition) is 13. The summed E-state index contributed by atoms with van der Waals surface area (Å²) in [6, 6.07) is 0.